The molecule has 2 amide bonds. The highest BCUT2D eigenvalue weighted by Gasteiger charge is 2.14. The van der Waals surface area contributed by atoms with Crippen molar-refractivity contribution in [2.24, 2.45) is 0 Å². The van der Waals surface area contributed by atoms with E-state index >= 15 is 0 Å². The van der Waals surface area contributed by atoms with Crippen LogP contribution < -0.4 is 15.0 Å². The molecule has 4 rings (SSSR count). The Morgan fingerprint density at radius 3 is 2.09 bits per heavy atom. The molecule has 0 heterocycles. The van der Waals surface area contributed by atoms with E-state index in [0.29, 0.717) is 17.0 Å². The van der Waals surface area contributed by atoms with E-state index in [-0.39, 0.29) is 18.4 Å². The summed E-state index contributed by atoms with van der Waals surface area (Å²) in [4.78, 5) is 26.8. The number of nitrogens with zero attached hydrogens (tertiary/aromatic N) is 1. The second-order valence-electron chi connectivity index (χ2n) is 7.51. The van der Waals surface area contributed by atoms with E-state index in [1.807, 2.05) is 84.9 Å². The number of ether oxygens (including phenoxy) is 1. The standard InChI is InChI=1S/C28H24N2O3/c1-30(25-13-6-3-7-14-25)28(32)23-11-8-12-24(19-23)29-27(31)20-33-26-17-15-22(16-18-26)21-9-4-2-5-10-21/h2-19H,20H2,1H3,(H,29,31). The maximum absolute atomic E-state index is 12.8. The number of hydrogen-bond acceptors (Lipinski definition) is 3. The van der Waals surface area contributed by atoms with Crippen LogP contribution in [0.3, 0.4) is 0 Å². The quantitative estimate of drug-likeness (QED) is 0.407. The molecule has 0 unspecified atom stereocenters. The monoisotopic (exact) mass is 436 g/mol. The molecule has 4 aromatic rings. The minimum absolute atomic E-state index is 0.132. The summed E-state index contributed by atoms with van der Waals surface area (Å²) in [6.07, 6.45) is 0. The van der Waals surface area contributed by atoms with Crippen LogP contribution in [0.5, 0.6) is 5.75 Å². The molecule has 164 valence electrons. The fraction of sp³-hybridized carbons (Fsp3) is 0.0714. The number of anilines is 2. The summed E-state index contributed by atoms with van der Waals surface area (Å²) in [6.45, 7) is -0.132. The Balaban J connectivity index is 1.34. The van der Waals surface area contributed by atoms with Gasteiger partial charge in [-0.25, -0.2) is 0 Å². The molecule has 0 saturated heterocycles. The van der Waals surface area contributed by atoms with Gasteiger partial charge in [-0.3, -0.25) is 9.59 Å². The highest BCUT2D eigenvalue weighted by Crippen LogP contribution is 2.22. The predicted molar refractivity (Wildman–Crippen MR) is 132 cm³/mol. The average molecular weight is 437 g/mol. The molecule has 4 aromatic carbocycles. The van der Waals surface area contributed by atoms with Crippen LogP contribution in [-0.4, -0.2) is 25.5 Å². The molecule has 5 nitrogen and oxygen atoms in total. The lowest BCUT2D eigenvalue weighted by molar-refractivity contribution is -0.118. The number of carbonyl (C=O) groups is 2. The van der Waals surface area contributed by atoms with Crippen LogP contribution in [0.15, 0.2) is 109 Å². The van der Waals surface area contributed by atoms with Gasteiger partial charge in [0.05, 0.1) is 0 Å². The molecule has 0 aliphatic carbocycles. The van der Waals surface area contributed by atoms with Crippen molar-refractivity contribution in [2.75, 3.05) is 23.9 Å². The minimum atomic E-state index is -0.303. The Bertz CT molecular complexity index is 1220. The van der Waals surface area contributed by atoms with Gasteiger partial charge in [-0.2, -0.15) is 0 Å². The molecule has 0 fully saturated rings. The highest BCUT2D eigenvalue weighted by atomic mass is 16.5. The number of benzene rings is 4. The summed E-state index contributed by atoms with van der Waals surface area (Å²) in [6, 6.07) is 33.9. The summed E-state index contributed by atoms with van der Waals surface area (Å²) in [5, 5.41) is 2.79. The topological polar surface area (TPSA) is 58.6 Å². The van der Waals surface area contributed by atoms with Gasteiger partial charge >= 0.3 is 0 Å². The second-order valence-corrected chi connectivity index (χ2v) is 7.51. The number of amides is 2. The van der Waals surface area contributed by atoms with Crippen molar-refractivity contribution in [3.8, 4) is 16.9 Å². The van der Waals surface area contributed by atoms with Crippen molar-refractivity contribution < 1.29 is 14.3 Å². The lowest BCUT2D eigenvalue weighted by Crippen LogP contribution is -2.26. The van der Waals surface area contributed by atoms with Crippen LogP contribution in [0.2, 0.25) is 0 Å². The molecule has 0 aromatic heterocycles. The molecule has 5 heteroatoms. The minimum Gasteiger partial charge on any atom is -0.484 e. The third-order valence-electron chi connectivity index (χ3n) is 5.17. The highest BCUT2D eigenvalue weighted by molar-refractivity contribution is 6.06. The van der Waals surface area contributed by atoms with Crippen molar-refractivity contribution in [3.63, 3.8) is 0 Å². The lowest BCUT2D eigenvalue weighted by atomic mass is 10.1. The summed E-state index contributed by atoms with van der Waals surface area (Å²) in [5.41, 5.74) is 4.01. The van der Waals surface area contributed by atoms with Crippen LogP contribution in [0.25, 0.3) is 11.1 Å². The van der Waals surface area contributed by atoms with Crippen molar-refractivity contribution in [2.45, 2.75) is 0 Å². The van der Waals surface area contributed by atoms with E-state index in [2.05, 4.69) is 5.32 Å². The van der Waals surface area contributed by atoms with Crippen molar-refractivity contribution in [1.29, 1.82) is 0 Å². The molecule has 0 spiro atoms. The number of hydrogen-bond donors (Lipinski definition) is 1. The smallest absolute Gasteiger partial charge is 0.262 e. The molecular weight excluding hydrogens is 412 g/mol. The van der Waals surface area contributed by atoms with Crippen LogP contribution in [0.4, 0.5) is 11.4 Å². The van der Waals surface area contributed by atoms with Gasteiger partial charge in [0.2, 0.25) is 0 Å². The Hall–Kier alpha value is -4.38. The fourth-order valence-electron chi connectivity index (χ4n) is 3.41. The number of nitrogens with one attached hydrogen (secondary N) is 1. The van der Waals surface area contributed by atoms with E-state index in [4.69, 9.17) is 4.74 Å². The van der Waals surface area contributed by atoms with Gasteiger partial charge in [0, 0.05) is 24.0 Å². The summed E-state index contributed by atoms with van der Waals surface area (Å²) in [5.74, 6) is 0.147. The first-order chi connectivity index (χ1) is 16.1. The van der Waals surface area contributed by atoms with Crippen molar-refractivity contribution in [1.82, 2.24) is 0 Å². The van der Waals surface area contributed by atoms with Crippen LogP contribution in [0.1, 0.15) is 10.4 Å². The first kappa shape index (κ1) is 21.8. The van der Waals surface area contributed by atoms with Crippen LogP contribution in [-0.2, 0) is 4.79 Å². The molecule has 0 radical (unpaired) electrons. The Labute approximate surface area is 193 Å². The summed E-state index contributed by atoms with van der Waals surface area (Å²) >= 11 is 0. The van der Waals surface area contributed by atoms with Gasteiger partial charge in [0.15, 0.2) is 6.61 Å². The van der Waals surface area contributed by atoms with E-state index in [1.54, 1.807) is 36.2 Å². The van der Waals surface area contributed by atoms with E-state index in [9.17, 15) is 9.59 Å². The molecule has 0 atom stereocenters. The van der Waals surface area contributed by atoms with E-state index < -0.39 is 0 Å². The Morgan fingerprint density at radius 2 is 1.39 bits per heavy atom. The predicted octanol–water partition coefficient (Wildman–Crippen LogP) is 5.65. The molecule has 0 aliphatic rings. The lowest BCUT2D eigenvalue weighted by Gasteiger charge is -2.17. The molecule has 0 bridgehead atoms. The summed E-state index contributed by atoms with van der Waals surface area (Å²) < 4.78 is 5.62. The SMILES string of the molecule is CN(C(=O)c1cccc(NC(=O)COc2ccc(-c3ccccc3)cc2)c1)c1ccccc1. The zero-order chi connectivity index (χ0) is 23.0. The largest absolute Gasteiger partial charge is 0.484 e. The summed E-state index contributed by atoms with van der Waals surface area (Å²) in [7, 11) is 1.72. The number of rotatable bonds is 7. The van der Waals surface area contributed by atoms with E-state index in [0.717, 1.165) is 16.8 Å². The molecule has 0 aliphatic heterocycles. The van der Waals surface area contributed by atoms with Crippen molar-refractivity contribution >= 4 is 23.2 Å². The molecular formula is C28H24N2O3. The molecule has 1 N–H and O–H groups in total. The van der Waals surface area contributed by atoms with Crippen LogP contribution in [0, 0.1) is 0 Å². The van der Waals surface area contributed by atoms with E-state index in [1.165, 1.54) is 0 Å². The normalized spacial score (nSPS) is 10.3. The van der Waals surface area contributed by atoms with Gasteiger partial charge in [-0.15, -0.1) is 0 Å². The first-order valence-electron chi connectivity index (χ1n) is 10.6. The molecule has 0 saturated carbocycles. The molecule has 33 heavy (non-hydrogen) atoms. The van der Waals surface area contributed by atoms with Crippen molar-refractivity contribution in [3.05, 3.63) is 115 Å². The average Bonchev–Trinajstić information content (AvgIpc) is 2.88. The maximum atomic E-state index is 12.8. The maximum Gasteiger partial charge on any atom is 0.262 e. The van der Waals surface area contributed by atoms with Crippen LogP contribution >= 0.6 is 0 Å². The van der Waals surface area contributed by atoms with Gasteiger partial charge in [-0.1, -0.05) is 66.7 Å². The van der Waals surface area contributed by atoms with Gasteiger partial charge in [0.1, 0.15) is 5.75 Å². The van der Waals surface area contributed by atoms with Gasteiger partial charge in [0.25, 0.3) is 11.8 Å². The Kier molecular flexibility index (Phi) is 6.81. The first-order valence-corrected chi connectivity index (χ1v) is 10.6. The number of carbonyl (C=O) groups excluding carboxylic acids is 2. The third-order valence-corrected chi connectivity index (χ3v) is 5.17. The van der Waals surface area contributed by atoms with Gasteiger partial charge in [-0.05, 0) is 53.6 Å². The zero-order valence-corrected chi connectivity index (χ0v) is 18.3. The third kappa shape index (κ3) is 5.66. The van der Waals surface area contributed by atoms with Gasteiger partial charge < -0.3 is 15.0 Å². The second kappa shape index (κ2) is 10.3. The number of para-hydroxylation sites is 1. The fourth-order valence-corrected chi connectivity index (χ4v) is 3.41. The Morgan fingerprint density at radius 1 is 0.758 bits per heavy atom. The zero-order valence-electron chi connectivity index (χ0n) is 18.3.